The van der Waals surface area contributed by atoms with Crippen molar-refractivity contribution in [1.29, 1.82) is 0 Å². The number of ether oxygens (including phenoxy) is 3. The molecule has 10 heteroatoms. The molecule has 0 saturated carbocycles. The first kappa shape index (κ1) is 24.4. The SMILES string of the molecule is CC1COCCN1c1ccc(N(C(=O)OC(C)(C)C)C(=O)OC(C)(C)C)c([N+](=O)[O-])c1. The molecule has 1 aliphatic heterocycles. The van der Waals surface area contributed by atoms with Gasteiger partial charge in [0.1, 0.15) is 16.9 Å². The van der Waals surface area contributed by atoms with Crippen LogP contribution in [0.2, 0.25) is 0 Å². The van der Waals surface area contributed by atoms with Gasteiger partial charge >= 0.3 is 12.2 Å². The van der Waals surface area contributed by atoms with Crippen LogP contribution in [0.15, 0.2) is 18.2 Å². The van der Waals surface area contributed by atoms with Gasteiger partial charge in [-0.3, -0.25) is 10.1 Å². The smallest absolute Gasteiger partial charge is 0.424 e. The molecular formula is C21H31N3O7. The fourth-order valence-corrected chi connectivity index (χ4v) is 3.02. The van der Waals surface area contributed by atoms with Crippen LogP contribution in [0.3, 0.4) is 0 Å². The summed E-state index contributed by atoms with van der Waals surface area (Å²) in [6.45, 7) is 13.3. The number of carbonyl (C=O) groups is 2. The Balaban J connectivity index is 2.54. The van der Waals surface area contributed by atoms with E-state index in [9.17, 15) is 19.7 Å². The average Bonchev–Trinajstić information content (AvgIpc) is 2.59. The topological polar surface area (TPSA) is 111 Å². The third-order valence-electron chi connectivity index (χ3n) is 4.25. The molecule has 1 fully saturated rings. The number of hydrogen-bond acceptors (Lipinski definition) is 8. The van der Waals surface area contributed by atoms with Gasteiger partial charge in [-0.2, -0.15) is 4.90 Å². The van der Waals surface area contributed by atoms with Crippen molar-refractivity contribution >= 4 is 29.2 Å². The highest BCUT2D eigenvalue weighted by molar-refractivity contribution is 6.11. The molecule has 10 nitrogen and oxygen atoms in total. The predicted octanol–water partition coefficient (Wildman–Crippen LogP) is 4.50. The van der Waals surface area contributed by atoms with Gasteiger partial charge in [0.15, 0.2) is 0 Å². The van der Waals surface area contributed by atoms with Crippen LogP contribution < -0.4 is 9.80 Å². The highest BCUT2D eigenvalue weighted by Crippen LogP contribution is 2.35. The van der Waals surface area contributed by atoms with E-state index in [-0.39, 0.29) is 11.7 Å². The van der Waals surface area contributed by atoms with Crippen LogP contribution in [0.4, 0.5) is 26.7 Å². The molecule has 2 amide bonds. The van der Waals surface area contributed by atoms with Gasteiger partial charge in [0.25, 0.3) is 5.69 Å². The number of anilines is 2. The van der Waals surface area contributed by atoms with E-state index in [1.165, 1.54) is 12.1 Å². The number of morpholine rings is 1. The maximum Gasteiger partial charge on any atom is 0.424 e. The van der Waals surface area contributed by atoms with Crippen LogP contribution in [0, 0.1) is 10.1 Å². The molecule has 1 saturated heterocycles. The lowest BCUT2D eigenvalue weighted by molar-refractivity contribution is -0.384. The van der Waals surface area contributed by atoms with Crippen molar-refractivity contribution in [3.05, 3.63) is 28.3 Å². The average molecular weight is 437 g/mol. The molecule has 0 aliphatic carbocycles. The Morgan fingerprint density at radius 1 is 1.13 bits per heavy atom. The van der Waals surface area contributed by atoms with Crippen LogP contribution in [0.1, 0.15) is 48.5 Å². The highest BCUT2D eigenvalue weighted by atomic mass is 16.6. The number of nitro benzene ring substituents is 1. The van der Waals surface area contributed by atoms with Crippen LogP contribution in [0.25, 0.3) is 0 Å². The number of carbonyl (C=O) groups excluding carboxylic acids is 2. The number of nitro groups is 1. The summed E-state index contributed by atoms with van der Waals surface area (Å²) in [6, 6.07) is 4.36. The minimum absolute atomic E-state index is 0.0204. The molecule has 1 atom stereocenters. The minimum atomic E-state index is -1.06. The lowest BCUT2D eigenvalue weighted by Gasteiger charge is -2.35. The van der Waals surface area contributed by atoms with E-state index >= 15 is 0 Å². The Kier molecular flexibility index (Phi) is 7.15. The minimum Gasteiger partial charge on any atom is -0.443 e. The van der Waals surface area contributed by atoms with E-state index in [0.717, 1.165) is 0 Å². The van der Waals surface area contributed by atoms with Crippen LogP contribution in [-0.4, -0.2) is 54.1 Å². The monoisotopic (exact) mass is 437 g/mol. The lowest BCUT2D eigenvalue weighted by Crippen LogP contribution is -2.44. The first-order chi connectivity index (χ1) is 14.2. The summed E-state index contributed by atoms with van der Waals surface area (Å²) in [5.41, 5.74) is -1.88. The summed E-state index contributed by atoms with van der Waals surface area (Å²) in [5, 5.41) is 11.9. The first-order valence-electron chi connectivity index (χ1n) is 10.1. The first-order valence-corrected chi connectivity index (χ1v) is 10.1. The normalized spacial score (nSPS) is 17.1. The fraction of sp³-hybridized carbons (Fsp3) is 0.619. The molecule has 0 aromatic heterocycles. The predicted molar refractivity (Wildman–Crippen MR) is 116 cm³/mol. The second-order valence-electron chi connectivity index (χ2n) is 9.34. The van der Waals surface area contributed by atoms with Crippen molar-refractivity contribution < 1.29 is 28.7 Å². The summed E-state index contributed by atoms with van der Waals surface area (Å²) < 4.78 is 16.1. The van der Waals surface area contributed by atoms with Gasteiger partial charge in [-0.15, -0.1) is 0 Å². The Bertz CT molecular complexity index is 814. The van der Waals surface area contributed by atoms with Crippen molar-refractivity contribution in [2.75, 3.05) is 29.6 Å². The van der Waals surface area contributed by atoms with Crippen molar-refractivity contribution in [2.45, 2.75) is 65.7 Å². The van der Waals surface area contributed by atoms with Crippen molar-refractivity contribution in [3.8, 4) is 0 Å². The van der Waals surface area contributed by atoms with Gasteiger partial charge < -0.3 is 19.1 Å². The second-order valence-corrected chi connectivity index (χ2v) is 9.34. The molecule has 1 aromatic carbocycles. The molecular weight excluding hydrogens is 406 g/mol. The van der Waals surface area contributed by atoms with E-state index < -0.39 is 34.0 Å². The van der Waals surface area contributed by atoms with Crippen molar-refractivity contribution in [2.24, 2.45) is 0 Å². The second kappa shape index (κ2) is 9.09. The molecule has 2 rings (SSSR count). The van der Waals surface area contributed by atoms with Gasteiger partial charge in [-0.25, -0.2) is 9.59 Å². The third-order valence-corrected chi connectivity index (χ3v) is 4.25. The highest BCUT2D eigenvalue weighted by Gasteiger charge is 2.37. The standard InChI is InChI=1S/C21H31N3O7/c1-14-13-29-11-10-22(14)15-8-9-16(17(12-15)24(27)28)23(18(25)30-20(2,3)4)19(26)31-21(5,6)7/h8-9,12,14H,10-11,13H2,1-7H3. The molecule has 1 unspecified atom stereocenters. The molecule has 0 bridgehead atoms. The zero-order valence-corrected chi connectivity index (χ0v) is 19.1. The van der Waals surface area contributed by atoms with Gasteiger partial charge in [0, 0.05) is 24.3 Å². The van der Waals surface area contributed by atoms with Gasteiger partial charge in [-0.1, -0.05) is 0 Å². The number of benzene rings is 1. The lowest BCUT2D eigenvalue weighted by atomic mass is 10.1. The van der Waals surface area contributed by atoms with Crippen molar-refractivity contribution in [1.82, 2.24) is 0 Å². The number of hydrogen-bond donors (Lipinski definition) is 0. The quantitative estimate of drug-likeness (QED) is 0.502. The Morgan fingerprint density at radius 2 is 1.68 bits per heavy atom. The summed E-state index contributed by atoms with van der Waals surface area (Å²) in [5.74, 6) is 0. The molecule has 172 valence electrons. The number of nitrogens with zero attached hydrogens (tertiary/aromatic N) is 3. The van der Waals surface area contributed by atoms with Crippen LogP contribution in [0.5, 0.6) is 0 Å². The maximum absolute atomic E-state index is 12.9. The largest absolute Gasteiger partial charge is 0.443 e. The van der Waals surface area contributed by atoms with Gasteiger partial charge in [-0.05, 0) is 60.6 Å². The fourth-order valence-electron chi connectivity index (χ4n) is 3.02. The number of rotatable bonds is 3. The molecule has 1 aliphatic rings. The van der Waals surface area contributed by atoms with E-state index in [4.69, 9.17) is 14.2 Å². The van der Waals surface area contributed by atoms with Crippen LogP contribution in [-0.2, 0) is 14.2 Å². The number of amides is 2. The maximum atomic E-state index is 12.9. The van der Waals surface area contributed by atoms with Crippen LogP contribution >= 0.6 is 0 Å². The zero-order valence-electron chi connectivity index (χ0n) is 19.1. The Hall–Kier alpha value is -2.88. The summed E-state index contributed by atoms with van der Waals surface area (Å²) in [6.07, 6.45) is -2.12. The third kappa shape index (κ3) is 6.55. The molecule has 1 aromatic rings. The van der Waals surface area contributed by atoms with E-state index in [0.29, 0.717) is 30.3 Å². The van der Waals surface area contributed by atoms with E-state index in [1.54, 1.807) is 47.6 Å². The van der Waals surface area contributed by atoms with E-state index in [1.807, 2.05) is 11.8 Å². The summed E-state index contributed by atoms with van der Waals surface area (Å²) in [4.78, 5) is 39.5. The van der Waals surface area contributed by atoms with Gasteiger partial charge in [0.2, 0.25) is 0 Å². The van der Waals surface area contributed by atoms with E-state index in [2.05, 4.69) is 0 Å². The Morgan fingerprint density at radius 3 is 2.13 bits per heavy atom. The number of imide groups is 1. The Labute approximate surface area is 182 Å². The zero-order chi connectivity index (χ0) is 23.6. The molecule has 31 heavy (non-hydrogen) atoms. The molecule has 0 radical (unpaired) electrons. The molecule has 0 N–H and O–H groups in total. The van der Waals surface area contributed by atoms with Gasteiger partial charge in [0.05, 0.1) is 18.1 Å². The summed E-state index contributed by atoms with van der Waals surface area (Å²) in [7, 11) is 0. The summed E-state index contributed by atoms with van der Waals surface area (Å²) >= 11 is 0. The van der Waals surface area contributed by atoms with Crippen molar-refractivity contribution in [3.63, 3.8) is 0 Å². The molecule has 1 heterocycles. The molecule has 0 spiro atoms.